The zero-order chi connectivity index (χ0) is 23.5. The van der Waals surface area contributed by atoms with Crippen molar-refractivity contribution >= 4 is 5.57 Å². The average Bonchev–Trinajstić information content (AvgIpc) is 3.20. The molecule has 2 N–H and O–H groups in total. The highest BCUT2D eigenvalue weighted by molar-refractivity contribution is 5.76. The van der Waals surface area contributed by atoms with Crippen molar-refractivity contribution in [3.8, 4) is 0 Å². The van der Waals surface area contributed by atoms with Crippen molar-refractivity contribution in [2.75, 3.05) is 19.6 Å². The zero-order valence-electron chi connectivity index (χ0n) is 19.7. The Kier molecular flexibility index (Phi) is 6.77. The van der Waals surface area contributed by atoms with Gasteiger partial charge in [-0.1, -0.05) is 48.0 Å². The second kappa shape index (κ2) is 10.1. The summed E-state index contributed by atoms with van der Waals surface area (Å²) >= 11 is 0. The molecule has 2 atom stereocenters. The lowest BCUT2D eigenvalue weighted by Crippen LogP contribution is -2.35. The van der Waals surface area contributed by atoms with Gasteiger partial charge in [0, 0.05) is 24.6 Å². The molecule has 0 saturated heterocycles. The fourth-order valence-corrected chi connectivity index (χ4v) is 5.38. The zero-order valence-corrected chi connectivity index (χ0v) is 19.7. The van der Waals surface area contributed by atoms with Crippen LogP contribution >= 0.6 is 0 Å². The van der Waals surface area contributed by atoms with Gasteiger partial charge in [0.05, 0.1) is 0 Å². The Morgan fingerprint density at radius 2 is 1.65 bits per heavy atom. The standard InChI is InChI=1S/C30H32F2N2/c1-20-4-6-22(7-5-20)27(23-8-11-25(31)12-9-23)3-2-14-33-18-21-15-29-28-17-26(32)13-10-24(28)16-30(29)34-19-21/h4-13,17,21,27,33-34H,2-3,14-16,18-19H2,1H3. The van der Waals surface area contributed by atoms with Crippen LogP contribution in [0.4, 0.5) is 8.78 Å². The first-order valence-corrected chi connectivity index (χ1v) is 12.3. The summed E-state index contributed by atoms with van der Waals surface area (Å²) in [6.07, 6.45) is 3.94. The summed E-state index contributed by atoms with van der Waals surface area (Å²) in [7, 11) is 0. The average molecular weight is 459 g/mol. The Balaban J connectivity index is 1.15. The lowest BCUT2D eigenvalue weighted by Gasteiger charge is -2.26. The van der Waals surface area contributed by atoms with Crippen molar-refractivity contribution in [1.82, 2.24) is 10.6 Å². The molecule has 3 aromatic rings. The predicted octanol–water partition coefficient (Wildman–Crippen LogP) is 6.35. The van der Waals surface area contributed by atoms with Crippen molar-refractivity contribution < 1.29 is 8.78 Å². The molecule has 1 aliphatic carbocycles. The topological polar surface area (TPSA) is 24.1 Å². The van der Waals surface area contributed by atoms with Crippen LogP contribution in [0, 0.1) is 24.5 Å². The lowest BCUT2D eigenvalue weighted by molar-refractivity contribution is 0.445. The first-order valence-electron chi connectivity index (χ1n) is 12.3. The van der Waals surface area contributed by atoms with Crippen LogP contribution in [-0.2, 0) is 6.42 Å². The van der Waals surface area contributed by atoms with Gasteiger partial charge < -0.3 is 10.6 Å². The summed E-state index contributed by atoms with van der Waals surface area (Å²) in [6.45, 7) is 4.95. The van der Waals surface area contributed by atoms with Crippen LogP contribution in [-0.4, -0.2) is 19.6 Å². The van der Waals surface area contributed by atoms with Crippen molar-refractivity contribution in [1.29, 1.82) is 0 Å². The van der Waals surface area contributed by atoms with E-state index < -0.39 is 0 Å². The van der Waals surface area contributed by atoms with Crippen LogP contribution in [0.2, 0.25) is 0 Å². The molecule has 0 spiro atoms. The normalized spacial score (nSPS) is 17.8. The molecule has 0 bridgehead atoms. The number of hydrogen-bond acceptors (Lipinski definition) is 2. The molecule has 1 heterocycles. The van der Waals surface area contributed by atoms with E-state index in [4.69, 9.17) is 0 Å². The molecule has 176 valence electrons. The summed E-state index contributed by atoms with van der Waals surface area (Å²) in [5.74, 6) is 0.409. The van der Waals surface area contributed by atoms with Gasteiger partial charge in [0.1, 0.15) is 11.6 Å². The van der Waals surface area contributed by atoms with Gasteiger partial charge in [-0.15, -0.1) is 0 Å². The Morgan fingerprint density at radius 1 is 0.941 bits per heavy atom. The first kappa shape index (κ1) is 22.8. The van der Waals surface area contributed by atoms with Gasteiger partial charge in [0.25, 0.3) is 0 Å². The largest absolute Gasteiger partial charge is 0.387 e. The van der Waals surface area contributed by atoms with E-state index in [9.17, 15) is 8.78 Å². The molecule has 1 aliphatic heterocycles. The van der Waals surface area contributed by atoms with E-state index in [0.717, 1.165) is 56.4 Å². The maximum absolute atomic E-state index is 13.8. The lowest BCUT2D eigenvalue weighted by atomic mass is 9.87. The van der Waals surface area contributed by atoms with E-state index in [-0.39, 0.29) is 17.6 Å². The third-order valence-electron chi connectivity index (χ3n) is 7.26. The molecule has 5 rings (SSSR count). The SMILES string of the molecule is Cc1ccc(C(CCCNCC2CNC3=C(C2)c2cc(F)ccc2C3)c2ccc(F)cc2)cc1. The fraction of sp³-hybridized carbons (Fsp3) is 0.333. The number of aryl methyl sites for hydroxylation is 1. The van der Waals surface area contributed by atoms with Crippen LogP contribution in [0.25, 0.3) is 5.57 Å². The van der Waals surface area contributed by atoms with E-state index in [1.807, 2.05) is 18.2 Å². The molecule has 2 nitrogen and oxygen atoms in total. The third kappa shape index (κ3) is 5.07. The number of nitrogens with one attached hydrogen (secondary N) is 2. The molecule has 0 aromatic heterocycles. The molecule has 34 heavy (non-hydrogen) atoms. The van der Waals surface area contributed by atoms with E-state index in [2.05, 4.69) is 41.8 Å². The van der Waals surface area contributed by atoms with Crippen LogP contribution < -0.4 is 10.6 Å². The monoisotopic (exact) mass is 458 g/mol. The van der Waals surface area contributed by atoms with Gasteiger partial charge in [-0.3, -0.25) is 0 Å². The minimum absolute atomic E-state index is 0.156. The smallest absolute Gasteiger partial charge is 0.123 e. The quantitative estimate of drug-likeness (QED) is 0.384. The number of benzene rings is 3. The predicted molar refractivity (Wildman–Crippen MR) is 135 cm³/mol. The van der Waals surface area contributed by atoms with Crippen molar-refractivity contribution in [3.05, 3.63) is 112 Å². The van der Waals surface area contributed by atoms with E-state index in [1.54, 1.807) is 24.3 Å². The number of rotatable bonds is 8. The Morgan fingerprint density at radius 3 is 2.41 bits per heavy atom. The maximum atomic E-state index is 13.8. The maximum Gasteiger partial charge on any atom is 0.123 e. The van der Waals surface area contributed by atoms with Crippen molar-refractivity contribution in [2.24, 2.45) is 5.92 Å². The minimum atomic E-state index is -0.194. The highest BCUT2D eigenvalue weighted by atomic mass is 19.1. The summed E-state index contributed by atoms with van der Waals surface area (Å²) < 4.78 is 27.3. The van der Waals surface area contributed by atoms with Gasteiger partial charge in [-0.05, 0) is 97.3 Å². The molecule has 0 fully saturated rings. The number of hydrogen-bond donors (Lipinski definition) is 2. The second-order valence-corrected chi connectivity index (χ2v) is 9.75. The van der Waals surface area contributed by atoms with Gasteiger partial charge in [0.2, 0.25) is 0 Å². The van der Waals surface area contributed by atoms with Crippen LogP contribution in [0.3, 0.4) is 0 Å². The minimum Gasteiger partial charge on any atom is -0.387 e. The molecule has 0 saturated carbocycles. The Bertz CT molecular complexity index is 1120. The van der Waals surface area contributed by atoms with E-state index in [1.165, 1.54) is 28.0 Å². The fourth-order valence-electron chi connectivity index (χ4n) is 5.38. The third-order valence-corrected chi connectivity index (χ3v) is 7.26. The van der Waals surface area contributed by atoms with Gasteiger partial charge in [-0.2, -0.15) is 0 Å². The van der Waals surface area contributed by atoms with Crippen molar-refractivity contribution in [3.63, 3.8) is 0 Å². The van der Waals surface area contributed by atoms with Gasteiger partial charge >= 0.3 is 0 Å². The molecule has 2 aliphatic rings. The summed E-state index contributed by atoms with van der Waals surface area (Å²) in [5, 5.41) is 7.25. The molecule has 4 heteroatoms. The Labute approximate surface area is 201 Å². The van der Waals surface area contributed by atoms with Crippen LogP contribution in [0.15, 0.2) is 72.4 Å². The highest BCUT2D eigenvalue weighted by Gasteiger charge is 2.28. The summed E-state index contributed by atoms with van der Waals surface area (Å²) in [5.41, 5.74) is 8.58. The molecular weight excluding hydrogens is 426 g/mol. The molecular formula is C30H32F2N2. The Hall–Kier alpha value is -2.98. The number of allylic oxidation sites excluding steroid dienone is 2. The van der Waals surface area contributed by atoms with E-state index >= 15 is 0 Å². The summed E-state index contributed by atoms with van der Waals surface area (Å²) in [4.78, 5) is 0. The van der Waals surface area contributed by atoms with Crippen LogP contribution in [0.5, 0.6) is 0 Å². The number of fused-ring (bicyclic) bond motifs is 2. The van der Waals surface area contributed by atoms with Crippen molar-refractivity contribution in [2.45, 2.75) is 38.5 Å². The highest BCUT2D eigenvalue weighted by Crippen LogP contribution is 2.38. The molecule has 3 aromatic carbocycles. The first-order chi connectivity index (χ1) is 16.6. The van der Waals surface area contributed by atoms with Gasteiger partial charge in [0.15, 0.2) is 0 Å². The van der Waals surface area contributed by atoms with Crippen LogP contribution in [0.1, 0.15) is 53.0 Å². The molecule has 0 radical (unpaired) electrons. The van der Waals surface area contributed by atoms with Gasteiger partial charge in [-0.25, -0.2) is 8.78 Å². The molecule has 0 amide bonds. The second-order valence-electron chi connectivity index (χ2n) is 9.75. The summed E-state index contributed by atoms with van der Waals surface area (Å²) in [6, 6.07) is 20.8. The van der Waals surface area contributed by atoms with E-state index in [0.29, 0.717) is 5.92 Å². The molecule has 2 unspecified atom stereocenters. The number of halogens is 2.